The van der Waals surface area contributed by atoms with Crippen LogP contribution in [0.2, 0.25) is 0 Å². The van der Waals surface area contributed by atoms with Crippen molar-refractivity contribution in [1.29, 1.82) is 0 Å². The molecule has 1 aromatic rings. The molecule has 1 aliphatic rings. The van der Waals surface area contributed by atoms with Crippen LogP contribution >= 0.6 is 11.8 Å². The number of amides is 2. The second-order valence-electron chi connectivity index (χ2n) is 4.65. The second kappa shape index (κ2) is 6.56. The number of aryl methyl sites for hydroxylation is 1. The number of hydrogen-bond donors (Lipinski definition) is 2. The second-order valence-corrected chi connectivity index (χ2v) is 5.85. The SMILES string of the molecule is CN=C1NC(=O)[C@@H](CC(=O)Nc2ccc(C)cc2[N+](=O)[O-])S1. The van der Waals surface area contributed by atoms with E-state index in [0.717, 1.165) is 5.56 Å². The molecule has 0 radical (unpaired) electrons. The number of carbonyl (C=O) groups excluding carboxylic acids is 2. The summed E-state index contributed by atoms with van der Waals surface area (Å²) in [6.45, 7) is 1.73. The van der Waals surface area contributed by atoms with E-state index in [1.807, 2.05) is 0 Å². The van der Waals surface area contributed by atoms with Gasteiger partial charge in [0.1, 0.15) is 10.9 Å². The van der Waals surface area contributed by atoms with Gasteiger partial charge in [0.25, 0.3) is 5.69 Å². The molecule has 0 unspecified atom stereocenters. The van der Waals surface area contributed by atoms with E-state index in [1.165, 1.54) is 23.9 Å². The first-order valence-corrected chi connectivity index (χ1v) is 7.28. The first kappa shape index (κ1) is 16.0. The van der Waals surface area contributed by atoms with Gasteiger partial charge in [-0.15, -0.1) is 0 Å². The van der Waals surface area contributed by atoms with Crippen molar-refractivity contribution in [2.75, 3.05) is 12.4 Å². The van der Waals surface area contributed by atoms with Crippen LogP contribution in [0.1, 0.15) is 12.0 Å². The number of nitro groups is 1. The number of benzene rings is 1. The van der Waals surface area contributed by atoms with E-state index in [-0.39, 0.29) is 23.7 Å². The highest BCUT2D eigenvalue weighted by Gasteiger charge is 2.32. The highest BCUT2D eigenvalue weighted by atomic mass is 32.2. The zero-order chi connectivity index (χ0) is 16.3. The number of anilines is 1. The molecule has 0 aromatic heterocycles. The molecule has 116 valence electrons. The van der Waals surface area contributed by atoms with Gasteiger partial charge in [-0.3, -0.25) is 24.7 Å². The summed E-state index contributed by atoms with van der Waals surface area (Å²) >= 11 is 1.17. The summed E-state index contributed by atoms with van der Waals surface area (Å²) in [6.07, 6.45) is -0.0828. The summed E-state index contributed by atoms with van der Waals surface area (Å²) in [5.74, 6) is -0.754. The molecule has 9 heteroatoms. The van der Waals surface area contributed by atoms with Gasteiger partial charge in [0.05, 0.1) is 4.92 Å². The van der Waals surface area contributed by atoms with Gasteiger partial charge >= 0.3 is 0 Å². The van der Waals surface area contributed by atoms with E-state index in [2.05, 4.69) is 15.6 Å². The van der Waals surface area contributed by atoms with Gasteiger partial charge in [-0.2, -0.15) is 0 Å². The van der Waals surface area contributed by atoms with E-state index in [9.17, 15) is 19.7 Å². The van der Waals surface area contributed by atoms with E-state index >= 15 is 0 Å². The maximum atomic E-state index is 12.0. The average molecular weight is 322 g/mol. The fraction of sp³-hybridized carbons (Fsp3) is 0.308. The van der Waals surface area contributed by atoms with Gasteiger partial charge < -0.3 is 10.6 Å². The van der Waals surface area contributed by atoms with Crippen LogP contribution in [0.25, 0.3) is 0 Å². The summed E-state index contributed by atoms with van der Waals surface area (Å²) in [4.78, 5) is 38.0. The highest BCUT2D eigenvalue weighted by molar-refractivity contribution is 8.15. The van der Waals surface area contributed by atoms with Gasteiger partial charge in [0.2, 0.25) is 11.8 Å². The third-order valence-electron chi connectivity index (χ3n) is 2.97. The first-order valence-electron chi connectivity index (χ1n) is 6.40. The number of nitrogens with one attached hydrogen (secondary N) is 2. The molecule has 2 rings (SSSR count). The van der Waals surface area contributed by atoms with Crippen molar-refractivity contribution in [2.24, 2.45) is 4.99 Å². The van der Waals surface area contributed by atoms with E-state index in [4.69, 9.17) is 0 Å². The molecule has 1 aliphatic heterocycles. The Morgan fingerprint density at radius 1 is 1.55 bits per heavy atom. The van der Waals surface area contributed by atoms with Gasteiger partial charge in [-0.1, -0.05) is 17.8 Å². The zero-order valence-corrected chi connectivity index (χ0v) is 12.8. The Balaban J connectivity index is 2.07. The predicted molar refractivity (Wildman–Crippen MR) is 84.0 cm³/mol. The Bertz CT molecular complexity index is 674. The number of nitrogens with zero attached hydrogens (tertiary/aromatic N) is 2. The van der Waals surface area contributed by atoms with E-state index < -0.39 is 16.1 Å². The Labute approximate surface area is 130 Å². The molecule has 2 N–H and O–H groups in total. The lowest BCUT2D eigenvalue weighted by Gasteiger charge is -2.08. The van der Waals surface area contributed by atoms with E-state index in [0.29, 0.717) is 5.17 Å². The Morgan fingerprint density at radius 2 is 2.27 bits per heavy atom. The lowest BCUT2D eigenvalue weighted by Crippen LogP contribution is -2.28. The Hall–Kier alpha value is -2.42. The smallest absolute Gasteiger partial charge is 0.293 e. The van der Waals surface area contributed by atoms with Crippen LogP contribution in [0.15, 0.2) is 23.2 Å². The molecule has 1 heterocycles. The normalized spacial score (nSPS) is 19.1. The van der Waals surface area contributed by atoms with Crippen LogP contribution in [0.5, 0.6) is 0 Å². The minimum Gasteiger partial charge on any atom is -0.320 e. The third-order valence-corrected chi connectivity index (χ3v) is 4.15. The molecule has 1 fully saturated rings. The molecule has 0 aliphatic carbocycles. The van der Waals surface area contributed by atoms with Gasteiger partial charge in [0.15, 0.2) is 5.17 Å². The molecule has 2 amide bonds. The van der Waals surface area contributed by atoms with Crippen molar-refractivity contribution < 1.29 is 14.5 Å². The first-order chi connectivity index (χ1) is 10.4. The summed E-state index contributed by atoms with van der Waals surface area (Å²) in [5.41, 5.74) is 0.667. The molecule has 22 heavy (non-hydrogen) atoms. The zero-order valence-electron chi connectivity index (χ0n) is 12.0. The topological polar surface area (TPSA) is 114 Å². The third kappa shape index (κ3) is 3.61. The van der Waals surface area contributed by atoms with Crippen LogP contribution in [-0.4, -0.2) is 34.2 Å². The molecular weight excluding hydrogens is 308 g/mol. The van der Waals surface area contributed by atoms with Crippen molar-refractivity contribution in [1.82, 2.24) is 5.32 Å². The molecule has 1 aromatic carbocycles. The van der Waals surface area contributed by atoms with Gasteiger partial charge in [-0.05, 0) is 18.6 Å². The minimum atomic E-state index is -0.580. The van der Waals surface area contributed by atoms with Crippen LogP contribution in [0.4, 0.5) is 11.4 Å². The highest BCUT2D eigenvalue weighted by Crippen LogP contribution is 2.27. The average Bonchev–Trinajstić information content (AvgIpc) is 2.81. The lowest BCUT2D eigenvalue weighted by molar-refractivity contribution is -0.384. The minimum absolute atomic E-state index is 0.0828. The van der Waals surface area contributed by atoms with Crippen molar-refractivity contribution in [3.05, 3.63) is 33.9 Å². The number of amidine groups is 1. The molecular formula is C13H14N4O4S. The Kier molecular flexibility index (Phi) is 4.76. The molecule has 1 atom stereocenters. The Morgan fingerprint density at radius 3 is 2.86 bits per heavy atom. The standard InChI is InChI=1S/C13H14N4O4S/c1-7-3-4-8(9(5-7)17(20)21)15-11(18)6-10-12(19)16-13(14-2)22-10/h3-5,10H,6H2,1-2H3,(H,15,18)(H,14,16,19)/t10-/m1/s1. The number of aliphatic imine (C=N–C) groups is 1. The molecule has 0 bridgehead atoms. The summed E-state index contributed by atoms with van der Waals surface area (Å²) in [7, 11) is 1.54. The quantitative estimate of drug-likeness (QED) is 0.643. The number of carbonyl (C=O) groups is 2. The van der Waals surface area contributed by atoms with Crippen LogP contribution in [0.3, 0.4) is 0 Å². The number of thioether (sulfide) groups is 1. The number of nitro benzene ring substituents is 1. The summed E-state index contributed by atoms with van der Waals surface area (Å²) in [6, 6.07) is 4.53. The monoisotopic (exact) mass is 322 g/mol. The van der Waals surface area contributed by atoms with Crippen molar-refractivity contribution in [3.8, 4) is 0 Å². The van der Waals surface area contributed by atoms with Gasteiger partial charge in [-0.25, -0.2) is 0 Å². The van der Waals surface area contributed by atoms with Crippen LogP contribution in [0, 0.1) is 17.0 Å². The van der Waals surface area contributed by atoms with Crippen LogP contribution < -0.4 is 10.6 Å². The largest absolute Gasteiger partial charge is 0.320 e. The molecule has 8 nitrogen and oxygen atoms in total. The van der Waals surface area contributed by atoms with E-state index in [1.54, 1.807) is 20.0 Å². The molecule has 0 saturated carbocycles. The lowest BCUT2D eigenvalue weighted by atomic mass is 10.2. The van der Waals surface area contributed by atoms with Crippen LogP contribution in [-0.2, 0) is 9.59 Å². The summed E-state index contributed by atoms with van der Waals surface area (Å²) < 4.78 is 0. The molecule has 0 spiro atoms. The van der Waals surface area contributed by atoms with Gasteiger partial charge in [0, 0.05) is 19.5 Å². The number of hydrogen-bond acceptors (Lipinski definition) is 6. The predicted octanol–water partition coefficient (Wildman–Crippen LogP) is 1.45. The van der Waals surface area contributed by atoms with Crippen molar-refractivity contribution in [3.63, 3.8) is 0 Å². The molecule has 1 saturated heterocycles. The number of rotatable bonds is 4. The van der Waals surface area contributed by atoms with Crippen molar-refractivity contribution in [2.45, 2.75) is 18.6 Å². The summed E-state index contributed by atoms with van der Waals surface area (Å²) in [5, 5.41) is 15.9. The fourth-order valence-electron chi connectivity index (χ4n) is 1.91. The maximum absolute atomic E-state index is 12.0. The fourth-order valence-corrected chi connectivity index (χ4v) is 2.85. The maximum Gasteiger partial charge on any atom is 0.293 e. The van der Waals surface area contributed by atoms with Crippen molar-refractivity contribution >= 4 is 40.1 Å².